The van der Waals surface area contributed by atoms with Gasteiger partial charge in [-0.15, -0.1) is 0 Å². The van der Waals surface area contributed by atoms with Crippen LogP contribution in [0.4, 0.5) is 5.69 Å². The highest BCUT2D eigenvalue weighted by Crippen LogP contribution is 2.23. The van der Waals surface area contributed by atoms with Gasteiger partial charge in [-0.2, -0.15) is 0 Å². The molecule has 1 aromatic rings. The largest absolute Gasteiger partial charge is 0.452 e. The molecule has 20 heavy (non-hydrogen) atoms. The lowest BCUT2D eigenvalue weighted by atomic mass is 10.2. The van der Waals surface area contributed by atoms with Crippen LogP contribution in [0.15, 0.2) is 18.2 Å². The molecule has 1 amide bonds. The summed E-state index contributed by atoms with van der Waals surface area (Å²) in [7, 11) is 0. The number of carbonyl (C=O) groups is 2. The van der Waals surface area contributed by atoms with Crippen LogP contribution in [0.2, 0.25) is 5.02 Å². The summed E-state index contributed by atoms with van der Waals surface area (Å²) in [5.74, 6) is -1.27. The molecule has 0 spiro atoms. The van der Waals surface area contributed by atoms with Crippen LogP contribution >= 0.6 is 11.6 Å². The van der Waals surface area contributed by atoms with Crippen molar-refractivity contribution in [1.29, 1.82) is 0 Å². The third-order valence-electron chi connectivity index (χ3n) is 2.66. The zero-order chi connectivity index (χ0) is 14.7. The van der Waals surface area contributed by atoms with Gasteiger partial charge in [0.25, 0.3) is 11.6 Å². The predicted molar refractivity (Wildman–Crippen MR) is 69.6 cm³/mol. The van der Waals surface area contributed by atoms with Crippen LogP contribution in [0.5, 0.6) is 0 Å². The molecule has 1 N–H and O–H groups in total. The van der Waals surface area contributed by atoms with Gasteiger partial charge in [0.05, 0.1) is 15.5 Å². The third kappa shape index (κ3) is 3.67. The summed E-state index contributed by atoms with van der Waals surface area (Å²) in [5.41, 5.74) is -0.413. The van der Waals surface area contributed by atoms with Crippen LogP contribution < -0.4 is 5.32 Å². The van der Waals surface area contributed by atoms with Crippen molar-refractivity contribution < 1.29 is 19.2 Å². The van der Waals surface area contributed by atoms with Gasteiger partial charge < -0.3 is 10.1 Å². The van der Waals surface area contributed by atoms with Crippen LogP contribution in [-0.4, -0.2) is 29.4 Å². The Morgan fingerprint density at radius 1 is 1.45 bits per heavy atom. The molecule has 0 aromatic heterocycles. The average molecular weight is 299 g/mol. The monoisotopic (exact) mass is 298 g/mol. The maximum atomic E-state index is 11.7. The topological polar surface area (TPSA) is 98.5 Å². The molecular weight excluding hydrogens is 288 g/mol. The van der Waals surface area contributed by atoms with Crippen molar-refractivity contribution in [1.82, 2.24) is 5.32 Å². The Kier molecular flexibility index (Phi) is 4.19. The number of amides is 1. The number of carbonyl (C=O) groups excluding carboxylic acids is 2. The Morgan fingerprint density at radius 2 is 2.15 bits per heavy atom. The van der Waals surface area contributed by atoms with Crippen molar-refractivity contribution in [2.75, 3.05) is 6.61 Å². The standard InChI is InChI=1S/C12H11ClN2O5/c13-10-4-3-8(15(18)19)5-9(10)12(17)20-6-11(16)14-7-1-2-7/h3-5,7H,1-2,6H2,(H,14,16). The molecular formula is C12H11ClN2O5. The summed E-state index contributed by atoms with van der Waals surface area (Å²) < 4.78 is 4.78. The number of halogens is 1. The first-order valence-electron chi connectivity index (χ1n) is 5.88. The molecule has 0 heterocycles. The second-order valence-corrected chi connectivity index (χ2v) is 4.75. The normalized spacial score (nSPS) is 13.7. The van der Waals surface area contributed by atoms with E-state index in [1.807, 2.05) is 0 Å². The van der Waals surface area contributed by atoms with Crippen molar-refractivity contribution >= 4 is 29.2 Å². The van der Waals surface area contributed by atoms with Gasteiger partial charge in [0.1, 0.15) is 0 Å². The highest BCUT2D eigenvalue weighted by Gasteiger charge is 2.24. The van der Waals surface area contributed by atoms with Crippen molar-refractivity contribution in [3.05, 3.63) is 38.9 Å². The molecule has 0 saturated heterocycles. The first-order chi connectivity index (χ1) is 9.47. The molecule has 1 aliphatic carbocycles. The summed E-state index contributed by atoms with van der Waals surface area (Å²) in [6.45, 7) is -0.436. The van der Waals surface area contributed by atoms with Gasteiger partial charge in [0, 0.05) is 18.2 Å². The maximum Gasteiger partial charge on any atom is 0.340 e. The minimum atomic E-state index is -0.871. The van der Waals surface area contributed by atoms with E-state index in [0.29, 0.717) is 0 Å². The highest BCUT2D eigenvalue weighted by atomic mass is 35.5. The highest BCUT2D eigenvalue weighted by molar-refractivity contribution is 6.33. The fourth-order valence-electron chi connectivity index (χ4n) is 1.49. The molecule has 106 valence electrons. The minimum Gasteiger partial charge on any atom is -0.452 e. The zero-order valence-electron chi connectivity index (χ0n) is 10.3. The SMILES string of the molecule is O=C(COC(=O)c1cc([N+](=O)[O-])ccc1Cl)NC1CC1. The van der Waals surface area contributed by atoms with Crippen LogP contribution in [0.3, 0.4) is 0 Å². The van der Waals surface area contributed by atoms with Crippen molar-refractivity contribution in [2.24, 2.45) is 0 Å². The Morgan fingerprint density at radius 3 is 2.75 bits per heavy atom. The Hall–Kier alpha value is -2.15. The van der Waals surface area contributed by atoms with Gasteiger partial charge in [0.15, 0.2) is 6.61 Å². The lowest BCUT2D eigenvalue weighted by Gasteiger charge is -2.06. The van der Waals surface area contributed by atoms with E-state index < -0.39 is 23.4 Å². The molecule has 7 nitrogen and oxygen atoms in total. The van der Waals surface area contributed by atoms with Crippen LogP contribution in [0, 0.1) is 10.1 Å². The lowest BCUT2D eigenvalue weighted by molar-refractivity contribution is -0.384. The summed E-state index contributed by atoms with van der Waals surface area (Å²) >= 11 is 5.78. The van der Waals surface area contributed by atoms with E-state index in [-0.39, 0.29) is 22.3 Å². The van der Waals surface area contributed by atoms with Gasteiger partial charge in [-0.25, -0.2) is 4.79 Å². The smallest absolute Gasteiger partial charge is 0.340 e. The van der Waals surface area contributed by atoms with E-state index in [9.17, 15) is 19.7 Å². The second-order valence-electron chi connectivity index (χ2n) is 4.34. The van der Waals surface area contributed by atoms with Crippen LogP contribution in [0.1, 0.15) is 23.2 Å². The molecule has 1 saturated carbocycles. The number of nitrogens with zero attached hydrogens (tertiary/aromatic N) is 1. The molecule has 0 unspecified atom stereocenters. The summed E-state index contributed by atoms with van der Waals surface area (Å²) in [6, 6.07) is 3.60. The molecule has 0 atom stereocenters. The van der Waals surface area contributed by atoms with Gasteiger partial charge in [0.2, 0.25) is 0 Å². The number of nitrogens with one attached hydrogen (secondary N) is 1. The molecule has 2 rings (SSSR count). The molecule has 0 bridgehead atoms. The maximum absolute atomic E-state index is 11.7. The van der Waals surface area contributed by atoms with E-state index >= 15 is 0 Å². The predicted octanol–water partition coefficient (Wildman–Crippen LogP) is 1.68. The Balaban J connectivity index is 1.98. The number of non-ortho nitro benzene ring substituents is 1. The first kappa shape index (κ1) is 14.3. The summed E-state index contributed by atoms with van der Waals surface area (Å²) in [5, 5.41) is 13.3. The van der Waals surface area contributed by atoms with E-state index in [1.54, 1.807) is 0 Å². The number of nitro benzene ring substituents is 1. The van der Waals surface area contributed by atoms with Crippen molar-refractivity contribution in [2.45, 2.75) is 18.9 Å². The average Bonchev–Trinajstić information content (AvgIpc) is 3.20. The minimum absolute atomic E-state index is 0.0307. The number of ether oxygens (including phenoxy) is 1. The molecule has 0 radical (unpaired) electrons. The second kappa shape index (κ2) is 5.87. The van der Waals surface area contributed by atoms with E-state index in [2.05, 4.69) is 5.32 Å². The first-order valence-corrected chi connectivity index (χ1v) is 6.25. The van der Waals surface area contributed by atoms with E-state index in [4.69, 9.17) is 16.3 Å². The van der Waals surface area contributed by atoms with Crippen LogP contribution in [-0.2, 0) is 9.53 Å². The Bertz CT molecular complexity index is 571. The molecule has 1 aliphatic rings. The van der Waals surface area contributed by atoms with Gasteiger partial charge >= 0.3 is 5.97 Å². The number of esters is 1. The van der Waals surface area contributed by atoms with Gasteiger partial charge in [-0.1, -0.05) is 11.6 Å². The van der Waals surface area contributed by atoms with Gasteiger partial charge in [-0.3, -0.25) is 14.9 Å². The third-order valence-corrected chi connectivity index (χ3v) is 2.99. The van der Waals surface area contributed by atoms with Crippen molar-refractivity contribution in [3.63, 3.8) is 0 Å². The van der Waals surface area contributed by atoms with Crippen LogP contribution in [0.25, 0.3) is 0 Å². The van der Waals surface area contributed by atoms with Gasteiger partial charge in [-0.05, 0) is 18.9 Å². The molecule has 1 fully saturated rings. The quantitative estimate of drug-likeness (QED) is 0.506. The number of rotatable bonds is 5. The molecule has 0 aliphatic heterocycles. The van der Waals surface area contributed by atoms with E-state index in [1.165, 1.54) is 12.1 Å². The molecule has 1 aromatic carbocycles. The fourth-order valence-corrected chi connectivity index (χ4v) is 1.68. The number of hydrogen-bond acceptors (Lipinski definition) is 5. The molecule has 8 heteroatoms. The summed E-state index contributed by atoms with van der Waals surface area (Å²) in [6.07, 6.45) is 1.85. The zero-order valence-corrected chi connectivity index (χ0v) is 11.1. The lowest BCUT2D eigenvalue weighted by Crippen LogP contribution is -2.30. The van der Waals surface area contributed by atoms with Crippen molar-refractivity contribution in [3.8, 4) is 0 Å². The number of hydrogen-bond donors (Lipinski definition) is 1. The Labute approximate surface area is 119 Å². The number of benzene rings is 1. The summed E-state index contributed by atoms with van der Waals surface area (Å²) in [4.78, 5) is 33.1. The fraction of sp³-hybridized carbons (Fsp3) is 0.333. The number of nitro groups is 1. The van der Waals surface area contributed by atoms with E-state index in [0.717, 1.165) is 18.9 Å².